The average molecular weight is 363 g/mol. The highest BCUT2D eigenvalue weighted by molar-refractivity contribution is 6.26. The average Bonchev–Trinajstić information content (AvgIpc) is 2.68. The Morgan fingerprint density at radius 3 is 2.52 bits per heavy atom. The summed E-state index contributed by atoms with van der Waals surface area (Å²) in [7, 11) is 0. The molecule has 2 aliphatic rings. The van der Waals surface area contributed by atoms with Gasteiger partial charge in [0.25, 0.3) is 5.91 Å². The number of benzene rings is 1. The minimum absolute atomic E-state index is 0.0701. The van der Waals surface area contributed by atoms with Gasteiger partial charge in [-0.2, -0.15) is 0 Å². The summed E-state index contributed by atoms with van der Waals surface area (Å²) in [6.07, 6.45) is 6.53. The number of rotatable bonds is 2. The van der Waals surface area contributed by atoms with E-state index in [9.17, 15) is 9.59 Å². The molecule has 6 nitrogen and oxygen atoms in total. The maximum absolute atomic E-state index is 13.0. The number of fused-ring (bicyclic) bond motifs is 1. The molecule has 0 unspecified atom stereocenters. The molecule has 0 radical (unpaired) electrons. The minimum atomic E-state index is -0.564. The number of anilines is 1. The summed E-state index contributed by atoms with van der Waals surface area (Å²) in [6.45, 7) is 2.82. The summed E-state index contributed by atoms with van der Waals surface area (Å²) in [5.74, 6) is 0.599. The Morgan fingerprint density at radius 2 is 1.81 bits per heavy atom. The number of pyridine rings is 1. The molecular weight excluding hydrogens is 342 g/mol. The van der Waals surface area contributed by atoms with Crippen molar-refractivity contribution in [2.24, 2.45) is 0 Å². The van der Waals surface area contributed by atoms with Gasteiger partial charge in [-0.05, 0) is 24.3 Å². The first-order valence-electron chi connectivity index (χ1n) is 9.04. The van der Waals surface area contributed by atoms with Gasteiger partial charge < -0.3 is 15.0 Å². The summed E-state index contributed by atoms with van der Waals surface area (Å²) in [4.78, 5) is 30.4. The fraction of sp³-hybridized carbons (Fsp3) is 0.286. The van der Waals surface area contributed by atoms with E-state index in [1.165, 1.54) is 0 Å². The second-order valence-corrected chi connectivity index (χ2v) is 6.92. The summed E-state index contributed by atoms with van der Waals surface area (Å²) in [5.41, 5.74) is 1.51. The predicted octanol–water partition coefficient (Wildman–Crippen LogP) is 2.88. The highest BCUT2D eigenvalue weighted by atomic mass is 16.5. The minimum Gasteiger partial charge on any atom is -0.482 e. The maximum atomic E-state index is 13.0. The molecule has 27 heavy (non-hydrogen) atoms. The van der Waals surface area contributed by atoms with Gasteiger partial charge >= 0.3 is 0 Å². The highest BCUT2D eigenvalue weighted by Crippen LogP contribution is 2.41. The Labute approximate surface area is 157 Å². The largest absolute Gasteiger partial charge is 0.482 e. The quantitative estimate of drug-likeness (QED) is 0.891. The number of carbonyl (C=O) groups excluding carboxylic acids is 2. The van der Waals surface area contributed by atoms with Gasteiger partial charge in [0.05, 0.1) is 5.57 Å². The lowest BCUT2D eigenvalue weighted by molar-refractivity contribution is -0.131. The van der Waals surface area contributed by atoms with Crippen molar-refractivity contribution in [1.29, 1.82) is 0 Å². The lowest BCUT2D eigenvalue weighted by Crippen LogP contribution is -2.49. The summed E-state index contributed by atoms with van der Waals surface area (Å²) < 4.78 is 6.31. The fourth-order valence-corrected chi connectivity index (χ4v) is 3.64. The van der Waals surface area contributed by atoms with Crippen LogP contribution in [0.25, 0.3) is 5.57 Å². The normalized spacial score (nSPS) is 17.5. The maximum Gasteiger partial charge on any atom is 0.256 e. The van der Waals surface area contributed by atoms with Crippen LogP contribution >= 0.6 is 0 Å². The first kappa shape index (κ1) is 17.3. The molecule has 1 saturated heterocycles. The SMILES string of the molecule is CC(=O)N1CCC2(C=C(C(=O)Nc3ccncc3)c3ccccc3O2)CC1. The Bertz CT molecular complexity index is 900. The van der Waals surface area contributed by atoms with Crippen molar-refractivity contribution in [2.45, 2.75) is 25.4 Å². The molecule has 2 aromatic rings. The van der Waals surface area contributed by atoms with Gasteiger partial charge in [0, 0.05) is 56.5 Å². The van der Waals surface area contributed by atoms with Crippen LogP contribution in [0.2, 0.25) is 0 Å². The van der Waals surface area contributed by atoms with Crippen molar-refractivity contribution >= 4 is 23.1 Å². The van der Waals surface area contributed by atoms with Crippen LogP contribution in [0, 0.1) is 0 Å². The molecule has 2 amide bonds. The van der Waals surface area contributed by atoms with Crippen LogP contribution in [0.4, 0.5) is 5.69 Å². The molecule has 1 aromatic heterocycles. The van der Waals surface area contributed by atoms with Gasteiger partial charge in [-0.15, -0.1) is 0 Å². The van der Waals surface area contributed by atoms with Crippen LogP contribution in [0.15, 0.2) is 54.9 Å². The third-order valence-electron chi connectivity index (χ3n) is 5.14. The number of carbonyl (C=O) groups is 2. The monoisotopic (exact) mass is 363 g/mol. The molecule has 1 spiro atoms. The lowest BCUT2D eigenvalue weighted by Gasteiger charge is -2.42. The molecule has 4 rings (SSSR count). The first-order chi connectivity index (χ1) is 13.1. The van der Waals surface area contributed by atoms with E-state index < -0.39 is 5.60 Å². The number of piperidine rings is 1. The highest BCUT2D eigenvalue weighted by Gasteiger charge is 2.40. The Balaban J connectivity index is 1.65. The lowest BCUT2D eigenvalue weighted by atomic mass is 9.84. The third kappa shape index (κ3) is 3.43. The molecule has 1 aromatic carbocycles. The van der Waals surface area contributed by atoms with Gasteiger partial charge in [-0.1, -0.05) is 18.2 Å². The van der Waals surface area contributed by atoms with E-state index in [2.05, 4.69) is 10.3 Å². The van der Waals surface area contributed by atoms with Crippen molar-refractivity contribution in [3.05, 3.63) is 60.4 Å². The van der Waals surface area contributed by atoms with Crippen molar-refractivity contribution in [3.8, 4) is 5.75 Å². The molecule has 0 bridgehead atoms. The Kier molecular flexibility index (Phi) is 4.39. The molecule has 2 aliphatic heterocycles. The molecule has 6 heteroatoms. The van der Waals surface area contributed by atoms with Gasteiger partial charge in [0.2, 0.25) is 5.91 Å². The van der Waals surface area contributed by atoms with E-state index in [-0.39, 0.29) is 11.8 Å². The standard InChI is InChI=1S/C21H21N3O3/c1-15(25)24-12-8-21(9-13-24)14-18(17-4-2-3-5-19(17)27-21)20(26)23-16-6-10-22-11-7-16/h2-7,10-11,14H,8-9,12-13H2,1H3,(H,22,23,26). The van der Waals surface area contributed by atoms with E-state index in [1.807, 2.05) is 35.2 Å². The smallest absolute Gasteiger partial charge is 0.256 e. The number of amides is 2. The topological polar surface area (TPSA) is 71.5 Å². The Hall–Kier alpha value is -3.15. The van der Waals surface area contributed by atoms with Crippen molar-refractivity contribution < 1.29 is 14.3 Å². The number of nitrogens with one attached hydrogen (secondary N) is 1. The van der Waals surface area contributed by atoms with Gasteiger partial charge in [-0.3, -0.25) is 14.6 Å². The number of hydrogen-bond donors (Lipinski definition) is 1. The summed E-state index contributed by atoms with van der Waals surface area (Å²) >= 11 is 0. The number of ether oxygens (including phenoxy) is 1. The zero-order chi connectivity index (χ0) is 18.9. The van der Waals surface area contributed by atoms with Crippen LogP contribution < -0.4 is 10.1 Å². The molecule has 0 saturated carbocycles. The van der Waals surface area contributed by atoms with Crippen LogP contribution in [-0.4, -0.2) is 40.4 Å². The third-order valence-corrected chi connectivity index (χ3v) is 5.14. The van der Waals surface area contributed by atoms with Gasteiger partial charge in [0.1, 0.15) is 11.4 Å². The Morgan fingerprint density at radius 1 is 1.11 bits per heavy atom. The molecule has 138 valence electrons. The van der Waals surface area contributed by atoms with Crippen LogP contribution in [0.3, 0.4) is 0 Å². The first-order valence-corrected chi connectivity index (χ1v) is 9.04. The number of hydrogen-bond acceptors (Lipinski definition) is 4. The molecule has 0 aliphatic carbocycles. The molecular formula is C21H21N3O3. The number of nitrogens with zero attached hydrogens (tertiary/aromatic N) is 2. The number of para-hydroxylation sites is 1. The summed E-state index contributed by atoms with van der Waals surface area (Å²) in [6, 6.07) is 11.1. The fourth-order valence-electron chi connectivity index (χ4n) is 3.64. The van der Waals surface area contributed by atoms with Gasteiger partial charge in [0.15, 0.2) is 0 Å². The molecule has 3 heterocycles. The van der Waals surface area contributed by atoms with Crippen LogP contribution in [0.1, 0.15) is 25.3 Å². The zero-order valence-corrected chi connectivity index (χ0v) is 15.1. The summed E-state index contributed by atoms with van der Waals surface area (Å²) in [5, 5.41) is 2.93. The van der Waals surface area contributed by atoms with Crippen molar-refractivity contribution in [2.75, 3.05) is 18.4 Å². The second-order valence-electron chi connectivity index (χ2n) is 6.92. The zero-order valence-electron chi connectivity index (χ0n) is 15.1. The number of likely N-dealkylation sites (tertiary alicyclic amines) is 1. The van der Waals surface area contributed by atoms with E-state index in [0.29, 0.717) is 42.9 Å². The predicted molar refractivity (Wildman–Crippen MR) is 102 cm³/mol. The number of aromatic nitrogens is 1. The van der Waals surface area contributed by atoms with Crippen molar-refractivity contribution in [1.82, 2.24) is 9.88 Å². The second kappa shape index (κ2) is 6.87. The van der Waals surface area contributed by atoms with Crippen LogP contribution in [-0.2, 0) is 9.59 Å². The molecule has 1 N–H and O–H groups in total. The van der Waals surface area contributed by atoms with E-state index >= 15 is 0 Å². The van der Waals surface area contributed by atoms with E-state index in [0.717, 1.165) is 5.56 Å². The van der Waals surface area contributed by atoms with E-state index in [1.54, 1.807) is 31.5 Å². The van der Waals surface area contributed by atoms with Crippen molar-refractivity contribution in [3.63, 3.8) is 0 Å². The van der Waals surface area contributed by atoms with E-state index in [4.69, 9.17) is 4.74 Å². The molecule has 1 fully saturated rings. The molecule has 0 atom stereocenters. The van der Waals surface area contributed by atoms with Crippen LogP contribution in [0.5, 0.6) is 5.75 Å². The van der Waals surface area contributed by atoms with Gasteiger partial charge in [-0.25, -0.2) is 0 Å².